The molecule has 6 aliphatic rings. The maximum Gasteiger partial charge on any atom is 0.336 e. The average Bonchev–Trinajstić information content (AvgIpc) is 0.739. The number of urea groups is 3. The van der Waals surface area contributed by atoms with Gasteiger partial charge in [0.1, 0.15) is 34.6 Å². The Labute approximate surface area is 742 Å². The second-order valence-corrected chi connectivity index (χ2v) is 32.9. The van der Waals surface area contributed by atoms with Crippen LogP contribution in [0.5, 0.6) is 23.0 Å². The Hall–Kier alpha value is -13.9. The van der Waals surface area contributed by atoms with Gasteiger partial charge in [-0.3, -0.25) is 24.5 Å². The lowest BCUT2D eigenvalue weighted by molar-refractivity contribution is 0.148. The summed E-state index contributed by atoms with van der Waals surface area (Å²) in [6.07, 6.45) is 8.57. The summed E-state index contributed by atoms with van der Waals surface area (Å²) in [5.41, 5.74) is 18.1. The van der Waals surface area contributed by atoms with Crippen LogP contribution in [0.25, 0.3) is 0 Å². The molecule has 30 nitrogen and oxygen atoms in total. The molecular formula is C97H109N23O7. The number of anilines is 16. The Balaban J connectivity index is 0.000000140. The lowest BCUT2D eigenvalue weighted by atomic mass is 10.1. The number of amides is 6. The third kappa shape index (κ3) is 19.5. The first kappa shape index (κ1) is 86.6. The average molecular weight is 1710 g/mol. The zero-order chi connectivity index (χ0) is 88.5. The molecule has 0 radical (unpaired) electrons. The Morgan fingerprint density at radius 2 is 0.669 bits per heavy atom. The number of carbonyl (C=O) groups excluding carboxylic acids is 3. The molecule has 11 heterocycles. The van der Waals surface area contributed by atoms with E-state index in [9.17, 15) is 14.4 Å². The molecule has 3 N–H and O–H groups in total. The first-order chi connectivity index (χ1) is 61.6. The van der Waals surface area contributed by atoms with Crippen LogP contribution in [0.3, 0.4) is 0 Å². The number of likely N-dealkylation sites (N-methyl/N-ethyl adjacent to an activating group) is 3. The van der Waals surface area contributed by atoms with E-state index < -0.39 is 0 Å². The summed E-state index contributed by atoms with van der Waals surface area (Å²) >= 11 is 0. The number of pyridine rings is 2. The molecule has 18 rings (SSSR count). The first-order valence-corrected chi connectivity index (χ1v) is 42.8. The normalized spacial score (nSPS) is 15.8. The molecule has 30 heteroatoms. The van der Waals surface area contributed by atoms with Crippen LogP contribution in [0.2, 0.25) is 0 Å². The minimum Gasteiger partial charge on any atom is -0.497 e. The summed E-state index contributed by atoms with van der Waals surface area (Å²) in [5.74, 6) is 5.98. The zero-order valence-electron chi connectivity index (χ0n) is 74.4. The molecule has 3 fully saturated rings. The van der Waals surface area contributed by atoms with Crippen molar-refractivity contribution in [3.05, 3.63) is 262 Å². The van der Waals surface area contributed by atoms with Gasteiger partial charge in [0.05, 0.1) is 83.2 Å². The number of ether oxygens (including phenoxy) is 4. The molecule has 12 aromatic rings. The summed E-state index contributed by atoms with van der Waals surface area (Å²) in [7, 11) is 12.9. The lowest BCUT2D eigenvalue weighted by Crippen LogP contribution is -2.46. The van der Waals surface area contributed by atoms with Crippen LogP contribution in [-0.2, 0) is 32.7 Å². The van der Waals surface area contributed by atoms with E-state index >= 15 is 0 Å². The molecule has 0 bridgehead atoms. The number of benzene rings is 7. The largest absolute Gasteiger partial charge is 0.497 e. The molecule has 3 saturated heterocycles. The second-order valence-electron chi connectivity index (χ2n) is 32.9. The highest BCUT2D eigenvalue weighted by molar-refractivity contribution is 6.13. The number of fused-ring (bicyclic) bond motifs is 3. The van der Waals surface area contributed by atoms with Gasteiger partial charge in [-0.15, -0.1) is 0 Å². The number of aromatic nitrogens is 8. The van der Waals surface area contributed by atoms with Gasteiger partial charge in [0, 0.05) is 156 Å². The van der Waals surface area contributed by atoms with Gasteiger partial charge >= 0.3 is 18.1 Å². The minimum atomic E-state index is -0.228. The van der Waals surface area contributed by atoms with Crippen molar-refractivity contribution in [2.24, 2.45) is 0 Å². The van der Waals surface area contributed by atoms with Crippen molar-refractivity contribution in [2.75, 3.05) is 178 Å². The molecule has 6 aliphatic heterocycles. The van der Waals surface area contributed by atoms with Gasteiger partial charge < -0.3 is 54.5 Å². The summed E-state index contributed by atoms with van der Waals surface area (Å²) in [5, 5.41) is 9.98. The van der Waals surface area contributed by atoms with Gasteiger partial charge in [-0.05, 0) is 192 Å². The standard InChI is InChI=1S/C34H39N7O3.C32H36N8O2.C31H34N8O2/c1-23-7-6-8-24(2)31(23)40-22-26-20-35-33(36-27-11-9-25(10-12-27)21-39-17-15-38(3)16-18-39)37-32(26)41(34(40)42)29-14-13-28(43-4)19-30(29)44-5;1-22-6-5-7-23(2)29(22)39-21-25-18-34-31(36-30(25)40(32(39)41)28-13-12-27(42-4)19-33-28)35-26-10-8-24(9-11-26)20-38-16-14-37(3)15-17-38;1-21-6-5-7-22(2)28(21)38-20-23-18-33-30(34-24-8-10-25(11-9-24)37-16-14-36(3)15-17-37)35-29(23)39(31(38)40)27-13-12-26(41-4)19-32-27/h6-14,19-20H,15-18,21-22H2,1-5H3,(H,35,36,37);5-13,18-19H,14-17,20-21H2,1-4H3,(H,34,35,36);5-13,18-19H,14-17,20H2,1-4H3,(H,33,34,35). The van der Waals surface area contributed by atoms with Crippen LogP contribution in [0, 0.1) is 41.5 Å². The van der Waals surface area contributed by atoms with Crippen LogP contribution in [-0.4, -0.2) is 211 Å². The van der Waals surface area contributed by atoms with Crippen LogP contribution >= 0.6 is 0 Å². The van der Waals surface area contributed by atoms with Crippen molar-refractivity contribution in [1.82, 2.24) is 64.4 Å². The van der Waals surface area contributed by atoms with Gasteiger partial charge in [-0.25, -0.2) is 54.0 Å². The highest BCUT2D eigenvalue weighted by Gasteiger charge is 2.41. The molecule has 0 saturated carbocycles. The topological polar surface area (TPSA) is 266 Å². The fourth-order valence-electron chi connectivity index (χ4n) is 16.8. The number of methoxy groups -OCH3 is 4. The van der Waals surface area contributed by atoms with Crippen molar-refractivity contribution in [3.8, 4) is 23.0 Å². The van der Waals surface area contributed by atoms with Gasteiger partial charge in [0.2, 0.25) is 17.8 Å². The molecule has 6 amide bonds. The van der Waals surface area contributed by atoms with Gasteiger partial charge in [0.15, 0.2) is 17.5 Å². The van der Waals surface area contributed by atoms with Gasteiger partial charge in [-0.1, -0.05) is 78.9 Å². The van der Waals surface area contributed by atoms with Crippen molar-refractivity contribution in [3.63, 3.8) is 0 Å². The van der Waals surface area contributed by atoms with Crippen LogP contribution in [0.4, 0.5) is 107 Å². The van der Waals surface area contributed by atoms with E-state index in [1.165, 1.54) is 16.8 Å². The number of nitrogens with one attached hydrogen (secondary N) is 3. The number of hydrogen-bond acceptors (Lipinski definition) is 24. The molecule has 0 aliphatic carbocycles. The quantitative estimate of drug-likeness (QED) is 0.0603. The van der Waals surface area contributed by atoms with Crippen LogP contribution in [0.15, 0.2) is 201 Å². The number of carbonyl (C=O) groups is 3. The highest BCUT2D eigenvalue weighted by atomic mass is 16.5. The third-order valence-electron chi connectivity index (χ3n) is 24.0. The number of rotatable bonds is 21. The maximum atomic E-state index is 14.4. The minimum absolute atomic E-state index is 0.226. The van der Waals surface area contributed by atoms with E-state index in [1.807, 2.05) is 145 Å². The summed E-state index contributed by atoms with van der Waals surface area (Å²) < 4.78 is 21.7. The van der Waals surface area contributed by atoms with E-state index in [4.69, 9.17) is 33.9 Å². The number of nitrogens with zero attached hydrogens (tertiary/aromatic N) is 20. The van der Waals surface area contributed by atoms with E-state index in [-0.39, 0.29) is 18.1 Å². The lowest BCUT2D eigenvalue weighted by Gasteiger charge is -2.37. The van der Waals surface area contributed by atoms with Gasteiger partial charge in [-0.2, -0.15) is 15.0 Å². The maximum absolute atomic E-state index is 14.4. The predicted molar refractivity (Wildman–Crippen MR) is 501 cm³/mol. The molecule has 127 heavy (non-hydrogen) atoms. The zero-order valence-corrected chi connectivity index (χ0v) is 74.4. The third-order valence-corrected chi connectivity index (χ3v) is 24.0. The number of hydrogen-bond donors (Lipinski definition) is 3. The molecule has 0 atom stereocenters. The highest BCUT2D eigenvalue weighted by Crippen LogP contribution is 2.45. The summed E-state index contributed by atoms with van der Waals surface area (Å²) in [4.78, 5) is 105. The number of para-hydroxylation sites is 3. The molecule has 5 aromatic heterocycles. The molecular weight excluding hydrogens is 1600 g/mol. The fourth-order valence-corrected chi connectivity index (χ4v) is 16.8. The van der Waals surface area contributed by atoms with Crippen molar-refractivity contribution < 1.29 is 33.3 Å². The van der Waals surface area contributed by atoms with Crippen molar-refractivity contribution in [2.45, 2.75) is 74.3 Å². The smallest absolute Gasteiger partial charge is 0.336 e. The molecule has 654 valence electrons. The van der Waals surface area contributed by atoms with E-state index in [2.05, 4.69) is 128 Å². The van der Waals surface area contributed by atoms with Crippen molar-refractivity contribution in [1.29, 1.82) is 0 Å². The van der Waals surface area contributed by atoms with E-state index in [0.717, 1.165) is 176 Å². The Kier molecular flexibility index (Phi) is 26.4. The van der Waals surface area contributed by atoms with E-state index in [1.54, 1.807) is 119 Å². The second kappa shape index (κ2) is 38.7. The van der Waals surface area contributed by atoms with Crippen LogP contribution in [0.1, 0.15) is 61.2 Å². The number of piperazine rings is 3. The Bertz CT molecular complexity index is 5850. The monoisotopic (exact) mass is 1710 g/mol. The molecule has 0 spiro atoms. The predicted octanol–water partition coefficient (Wildman–Crippen LogP) is 16.4. The van der Waals surface area contributed by atoms with Crippen molar-refractivity contribution >= 4 is 111 Å². The Morgan fingerprint density at radius 1 is 0.339 bits per heavy atom. The molecule has 7 aromatic carbocycles. The van der Waals surface area contributed by atoms with Gasteiger partial charge in [0.25, 0.3) is 0 Å². The Morgan fingerprint density at radius 3 is 1.01 bits per heavy atom. The molecule has 0 unspecified atom stereocenters. The van der Waals surface area contributed by atoms with E-state index in [0.29, 0.717) is 95.3 Å². The first-order valence-electron chi connectivity index (χ1n) is 42.8. The summed E-state index contributed by atoms with van der Waals surface area (Å²) in [6, 6.07) is 55.0. The fraction of sp³-hybridized carbons (Fsp3) is 0.309. The number of aryl methyl sites for hydroxylation is 6. The summed E-state index contributed by atoms with van der Waals surface area (Å²) in [6.45, 7) is 27.9. The SMILES string of the molecule is COc1ccc(N2C(=O)N(c3c(C)cccc3C)Cc3cnc(Nc4ccc(CN5CCN(C)CC5)cc4)nc32)c(OC)c1.COc1ccc(N2C(=O)N(c3c(C)cccc3C)Cc3cnc(Nc4ccc(CN5CCN(C)CC5)cc4)nc32)nc1.COc1ccc(N2C(=O)N(c3c(C)cccc3C)Cc3cnc(Nc4ccc(N5CCN(C)CC5)cc4)nc32)nc1. The van der Waals surface area contributed by atoms with Crippen LogP contribution < -0.4 is 69.2 Å².